The predicted octanol–water partition coefficient (Wildman–Crippen LogP) is 3.55. The van der Waals surface area contributed by atoms with Gasteiger partial charge in [-0.3, -0.25) is 0 Å². The molecule has 4 saturated carbocycles. The first-order valence-electron chi connectivity index (χ1n) is 16.9. The molecule has 15 atom stereocenters. The highest BCUT2D eigenvalue weighted by atomic mass is 16.7. The standard InChI is InChI=1S/C35H58O8/c1-30(2)16-20-19-8-9-23-32(4)12-11-24(38)33(5,18-36)22(32)10-13-35(23,7)34(19,6)15-14-31(20,3)28(27(30)41)43-29-26(40)25(39)21(37)17-42-29/h8,20-29,36-41H,9-18H2,1-7H3/t20-,21-,22+,23-,24-,25-,26+,27-,28+,29-,31+,32-,33+,34+,35+/m0/s1. The molecule has 0 unspecified atom stereocenters. The van der Waals surface area contributed by atoms with Gasteiger partial charge in [-0.2, -0.15) is 0 Å². The Morgan fingerprint density at radius 3 is 2.21 bits per heavy atom. The highest BCUT2D eigenvalue weighted by Crippen LogP contribution is 2.75. The SMILES string of the molecule is CC1(C)C[C@H]2C3=CC[C@H]4[C@@]5(C)CC[C@H](O)[C@](C)(CO)[C@@H]5CC[C@@]4(C)[C@]3(C)CC[C@@]2(C)[C@H](O[C@@H]2OC[C@H](O)[C@H](O)[C@H]2O)[C@@H]1O. The Bertz CT molecular complexity index is 1130. The van der Waals surface area contributed by atoms with E-state index >= 15 is 0 Å². The molecular formula is C35H58O8. The number of hydrogen-bond donors (Lipinski definition) is 6. The van der Waals surface area contributed by atoms with E-state index in [1.54, 1.807) is 0 Å². The van der Waals surface area contributed by atoms with Crippen LogP contribution in [0.3, 0.4) is 0 Å². The summed E-state index contributed by atoms with van der Waals surface area (Å²) in [6.45, 7) is 15.8. The summed E-state index contributed by atoms with van der Waals surface area (Å²) < 4.78 is 12.2. The third-order valence-electron chi connectivity index (χ3n) is 15.2. The van der Waals surface area contributed by atoms with Crippen molar-refractivity contribution in [2.45, 2.75) is 143 Å². The number of ether oxygens (including phenoxy) is 2. The van der Waals surface area contributed by atoms with Gasteiger partial charge in [-0.25, -0.2) is 0 Å². The highest BCUT2D eigenvalue weighted by molar-refractivity contribution is 5.34. The molecule has 5 aliphatic carbocycles. The van der Waals surface area contributed by atoms with E-state index in [1.165, 1.54) is 5.57 Å². The van der Waals surface area contributed by atoms with E-state index in [1.807, 2.05) is 0 Å². The Labute approximate surface area is 257 Å². The van der Waals surface area contributed by atoms with Crippen LogP contribution in [0.15, 0.2) is 11.6 Å². The summed E-state index contributed by atoms with van der Waals surface area (Å²) in [5.74, 6) is 0.893. The van der Waals surface area contributed by atoms with Gasteiger partial charge < -0.3 is 40.1 Å². The smallest absolute Gasteiger partial charge is 0.186 e. The lowest BCUT2D eigenvalue weighted by atomic mass is 9.33. The molecule has 5 fully saturated rings. The Kier molecular flexibility index (Phi) is 7.68. The zero-order valence-corrected chi connectivity index (χ0v) is 27.4. The Morgan fingerprint density at radius 1 is 0.837 bits per heavy atom. The van der Waals surface area contributed by atoms with Crippen molar-refractivity contribution in [3.05, 3.63) is 11.6 Å². The first kappa shape index (κ1) is 32.4. The van der Waals surface area contributed by atoms with Crippen LogP contribution in [0.4, 0.5) is 0 Å². The van der Waals surface area contributed by atoms with Gasteiger partial charge in [0, 0.05) is 10.8 Å². The predicted molar refractivity (Wildman–Crippen MR) is 162 cm³/mol. The first-order chi connectivity index (χ1) is 19.9. The van der Waals surface area contributed by atoms with E-state index in [0.717, 1.165) is 51.4 Å². The van der Waals surface area contributed by atoms with Gasteiger partial charge in [0.1, 0.15) is 18.3 Å². The van der Waals surface area contributed by atoms with Crippen molar-refractivity contribution in [3.8, 4) is 0 Å². The number of rotatable bonds is 3. The average molecular weight is 607 g/mol. The Hall–Kier alpha value is -0.580. The van der Waals surface area contributed by atoms with Crippen molar-refractivity contribution >= 4 is 0 Å². The fourth-order valence-electron chi connectivity index (χ4n) is 11.9. The van der Waals surface area contributed by atoms with Gasteiger partial charge in [-0.1, -0.05) is 60.1 Å². The van der Waals surface area contributed by atoms with Gasteiger partial charge in [-0.15, -0.1) is 0 Å². The molecule has 0 bridgehead atoms. The molecule has 0 aromatic heterocycles. The summed E-state index contributed by atoms with van der Waals surface area (Å²) in [4.78, 5) is 0. The van der Waals surface area contributed by atoms with Crippen molar-refractivity contribution < 1.29 is 40.1 Å². The zero-order chi connectivity index (χ0) is 31.5. The second-order valence-electron chi connectivity index (χ2n) is 17.5. The van der Waals surface area contributed by atoms with Crippen molar-refractivity contribution in [1.82, 2.24) is 0 Å². The van der Waals surface area contributed by atoms with Gasteiger partial charge in [0.05, 0.1) is 31.5 Å². The normalized spacial score (nSPS) is 57.9. The van der Waals surface area contributed by atoms with Crippen LogP contribution in [0.25, 0.3) is 0 Å². The molecule has 8 heteroatoms. The van der Waals surface area contributed by atoms with E-state index in [-0.39, 0.29) is 41.3 Å². The lowest BCUT2D eigenvalue weighted by Gasteiger charge is -2.72. The fraction of sp³-hybridized carbons (Fsp3) is 0.943. The number of aliphatic hydroxyl groups excluding tert-OH is 6. The summed E-state index contributed by atoms with van der Waals surface area (Å²) in [6.07, 6.45) is 2.98. The largest absolute Gasteiger partial charge is 0.396 e. The zero-order valence-electron chi connectivity index (χ0n) is 27.4. The molecule has 1 heterocycles. The van der Waals surface area contributed by atoms with Crippen LogP contribution in [0.5, 0.6) is 0 Å². The Balaban J connectivity index is 1.36. The van der Waals surface area contributed by atoms with E-state index in [4.69, 9.17) is 9.47 Å². The number of hydrogen-bond acceptors (Lipinski definition) is 8. The molecule has 6 rings (SSSR count). The lowest BCUT2D eigenvalue weighted by Crippen LogP contribution is -2.68. The molecule has 0 aromatic carbocycles. The molecule has 8 nitrogen and oxygen atoms in total. The second kappa shape index (κ2) is 10.2. The fourth-order valence-corrected chi connectivity index (χ4v) is 11.9. The van der Waals surface area contributed by atoms with E-state index < -0.39 is 59.2 Å². The Morgan fingerprint density at radius 2 is 1.53 bits per heavy atom. The third-order valence-corrected chi connectivity index (χ3v) is 15.2. The van der Waals surface area contributed by atoms with Crippen molar-refractivity contribution in [2.24, 2.45) is 50.2 Å². The number of aliphatic hydroxyl groups is 6. The van der Waals surface area contributed by atoms with Crippen LogP contribution in [-0.2, 0) is 9.47 Å². The average Bonchev–Trinajstić information content (AvgIpc) is 2.95. The van der Waals surface area contributed by atoms with Gasteiger partial charge in [0.2, 0.25) is 0 Å². The summed E-state index contributed by atoms with van der Waals surface area (Å²) in [7, 11) is 0. The summed E-state index contributed by atoms with van der Waals surface area (Å²) in [6, 6.07) is 0. The molecule has 0 amide bonds. The van der Waals surface area contributed by atoms with E-state index in [2.05, 4.69) is 54.5 Å². The molecule has 0 aromatic rings. The van der Waals surface area contributed by atoms with Crippen LogP contribution in [0.1, 0.15) is 99.8 Å². The number of fused-ring (bicyclic) bond motifs is 7. The van der Waals surface area contributed by atoms with Gasteiger partial charge in [-0.05, 0) is 90.8 Å². The maximum atomic E-state index is 11.8. The summed E-state index contributed by atoms with van der Waals surface area (Å²) in [5, 5.41) is 64.4. The topological polar surface area (TPSA) is 140 Å². The molecule has 1 aliphatic heterocycles. The maximum Gasteiger partial charge on any atom is 0.186 e. The lowest BCUT2D eigenvalue weighted by molar-refractivity contribution is -0.321. The highest BCUT2D eigenvalue weighted by Gasteiger charge is 2.70. The third kappa shape index (κ3) is 4.23. The second-order valence-corrected chi connectivity index (χ2v) is 17.5. The van der Waals surface area contributed by atoms with Crippen molar-refractivity contribution in [1.29, 1.82) is 0 Å². The minimum atomic E-state index is -1.40. The molecule has 0 spiro atoms. The van der Waals surface area contributed by atoms with Gasteiger partial charge >= 0.3 is 0 Å². The van der Waals surface area contributed by atoms with E-state index in [0.29, 0.717) is 5.92 Å². The quantitative estimate of drug-likeness (QED) is 0.268. The van der Waals surface area contributed by atoms with Gasteiger partial charge in [0.25, 0.3) is 0 Å². The minimum absolute atomic E-state index is 0.0187. The summed E-state index contributed by atoms with van der Waals surface area (Å²) in [5.41, 5.74) is 0.203. The number of allylic oxidation sites excluding steroid dienone is 2. The van der Waals surface area contributed by atoms with Crippen molar-refractivity contribution in [2.75, 3.05) is 13.2 Å². The molecule has 246 valence electrons. The molecular weight excluding hydrogens is 548 g/mol. The van der Waals surface area contributed by atoms with Crippen LogP contribution < -0.4 is 0 Å². The molecule has 0 radical (unpaired) electrons. The molecule has 6 aliphatic rings. The molecule has 43 heavy (non-hydrogen) atoms. The molecule has 1 saturated heterocycles. The minimum Gasteiger partial charge on any atom is -0.396 e. The van der Waals surface area contributed by atoms with Crippen LogP contribution in [0, 0.1) is 50.2 Å². The van der Waals surface area contributed by atoms with Crippen molar-refractivity contribution in [3.63, 3.8) is 0 Å². The van der Waals surface area contributed by atoms with Gasteiger partial charge in [0.15, 0.2) is 6.29 Å². The maximum absolute atomic E-state index is 11.8. The van der Waals surface area contributed by atoms with Crippen LogP contribution >= 0.6 is 0 Å². The molecule has 6 N–H and O–H groups in total. The van der Waals surface area contributed by atoms with E-state index in [9.17, 15) is 30.6 Å². The first-order valence-corrected chi connectivity index (χ1v) is 16.9. The van der Waals surface area contributed by atoms with Crippen LogP contribution in [-0.4, -0.2) is 86.8 Å². The van der Waals surface area contributed by atoms with Crippen LogP contribution in [0.2, 0.25) is 0 Å². The summed E-state index contributed by atoms with van der Waals surface area (Å²) >= 11 is 0. The monoisotopic (exact) mass is 606 g/mol.